The summed E-state index contributed by atoms with van der Waals surface area (Å²) in [5.74, 6) is -0.549. The van der Waals surface area contributed by atoms with Gasteiger partial charge in [0.1, 0.15) is 6.54 Å². The van der Waals surface area contributed by atoms with E-state index in [-0.39, 0.29) is 4.90 Å². The number of aryl methyl sites for hydroxylation is 2. The monoisotopic (exact) mass is 499 g/mol. The third kappa shape index (κ3) is 5.80. The first-order valence-electron chi connectivity index (χ1n) is 9.50. The second-order valence-electron chi connectivity index (χ2n) is 6.96. The molecular formula is C23H22BrN3O3S. The van der Waals surface area contributed by atoms with Gasteiger partial charge < -0.3 is 0 Å². The Bertz CT molecular complexity index is 1210. The summed E-state index contributed by atoms with van der Waals surface area (Å²) in [5, 5.41) is 3.96. The molecule has 3 aromatic rings. The molecule has 3 rings (SSSR count). The number of carbonyl (C=O) groups excluding carboxylic acids is 1. The van der Waals surface area contributed by atoms with Crippen LogP contribution in [0.4, 0.5) is 5.69 Å². The van der Waals surface area contributed by atoms with E-state index in [1.807, 2.05) is 50.2 Å². The summed E-state index contributed by atoms with van der Waals surface area (Å²) in [7, 11) is -3.96. The Labute approximate surface area is 190 Å². The first kappa shape index (κ1) is 22.7. The first-order chi connectivity index (χ1) is 14.8. The molecule has 3 aromatic carbocycles. The molecule has 1 amide bonds. The van der Waals surface area contributed by atoms with E-state index in [0.717, 1.165) is 25.5 Å². The standard InChI is InChI=1S/C23H22BrN3O3S/c1-17-11-12-18(2)22(13-17)27(31(29,30)21-9-4-3-5-10-21)16-23(28)26-25-15-19-7-6-8-20(24)14-19/h3-15H,16H2,1-2H3,(H,26,28)/b25-15-. The summed E-state index contributed by atoms with van der Waals surface area (Å²) < 4.78 is 28.7. The van der Waals surface area contributed by atoms with Crippen LogP contribution in [-0.2, 0) is 14.8 Å². The van der Waals surface area contributed by atoms with Crippen molar-refractivity contribution in [2.75, 3.05) is 10.8 Å². The van der Waals surface area contributed by atoms with E-state index in [1.165, 1.54) is 18.3 Å². The lowest BCUT2D eigenvalue weighted by Gasteiger charge is -2.25. The molecule has 31 heavy (non-hydrogen) atoms. The number of benzene rings is 3. The quantitative estimate of drug-likeness (QED) is 0.386. The van der Waals surface area contributed by atoms with Gasteiger partial charge in [-0.15, -0.1) is 0 Å². The number of hydrazone groups is 1. The molecular weight excluding hydrogens is 478 g/mol. The van der Waals surface area contributed by atoms with Crippen molar-refractivity contribution < 1.29 is 13.2 Å². The molecule has 0 aromatic heterocycles. The zero-order valence-corrected chi connectivity index (χ0v) is 19.5. The number of anilines is 1. The minimum Gasteiger partial charge on any atom is -0.271 e. The fourth-order valence-electron chi connectivity index (χ4n) is 2.94. The van der Waals surface area contributed by atoms with Crippen LogP contribution in [-0.4, -0.2) is 27.1 Å². The molecule has 0 radical (unpaired) electrons. The number of rotatable bonds is 7. The molecule has 0 aliphatic heterocycles. The van der Waals surface area contributed by atoms with E-state index < -0.39 is 22.5 Å². The molecule has 0 heterocycles. The lowest BCUT2D eigenvalue weighted by molar-refractivity contribution is -0.119. The Kier molecular flexibility index (Phi) is 7.25. The summed E-state index contributed by atoms with van der Waals surface area (Å²) in [5.41, 5.74) is 5.30. The van der Waals surface area contributed by atoms with Crippen LogP contribution in [0.3, 0.4) is 0 Å². The highest BCUT2D eigenvalue weighted by Gasteiger charge is 2.28. The van der Waals surface area contributed by atoms with Gasteiger partial charge in [0, 0.05) is 4.47 Å². The average Bonchev–Trinajstić information content (AvgIpc) is 2.74. The predicted molar refractivity (Wildman–Crippen MR) is 127 cm³/mol. The molecule has 0 saturated carbocycles. The fraction of sp³-hybridized carbons (Fsp3) is 0.130. The van der Waals surface area contributed by atoms with Crippen LogP contribution in [0.15, 0.2) is 87.3 Å². The molecule has 0 bridgehead atoms. The second kappa shape index (κ2) is 9.89. The summed E-state index contributed by atoms with van der Waals surface area (Å²) in [4.78, 5) is 12.7. The van der Waals surface area contributed by atoms with Crippen molar-refractivity contribution in [2.24, 2.45) is 5.10 Å². The SMILES string of the molecule is Cc1ccc(C)c(N(CC(=O)N/N=C\c2cccc(Br)c2)S(=O)(=O)c2ccccc2)c1. The van der Waals surface area contributed by atoms with Gasteiger partial charge in [-0.1, -0.05) is 58.4 Å². The topological polar surface area (TPSA) is 78.8 Å². The minimum atomic E-state index is -3.96. The number of hydrogen-bond acceptors (Lipinski definition) is 4. The van der Waals surface area contributed by atoms with Crippen molar-refractivity contribution in [3.8, 4) is 0 Å². The predicted octanol–water partition coefficient (Wildman–Crippen LogP) is 4.41. The van der Waals surface area contributed by atoms with Crippen LogP contribution in [0.1, 0.15) is 16.7 Å². The number of nitrogens with zero attached hydrogens (tertiary/aromatic N) is 2. The van der Waals surface area contributed by atoms with Crippen LogP contribution >= 0.6 is 15.9 Å². The molecule has 0 aliphatic carbocycles. The maximum Gasteiger partial charge on any atom is 0.264 e. The molecule has 1 N–H and O–H groups in total. The minimum absolute atomic E-state index is 0.112. The first-order valence-corrected chi connectivity index (χ1v) is 11.7. The number of nitrogens with one attached hydrogen (secondary N) is 1. The smallest absolute Gasteiger partial charge is 0.264 e. The summed E-state index contributed by atoms with van der Waals surface area (Å²) in [6.07, 6.45) is 1.50. The van der Waals surface area contributed by atoms with Gasteiger partial charge in [-0.25, -0.2) is 13.8 Å². The molecule has 0 aliphatic rings. The van der Waals surface area contributed by atoms with Crippen molar-refractivity contribution in [1.82, 2.24) is 5.43 Å². The molecule has 0 atom stereocenters. The van der Waals surface area contributed by atoms with Gasteiger partial charge in [-0.2, -0.15) is 5.10 Å². The molecule has 0 saturated heterocycles. The lowest BCUT2D eigenvalue weighted by Crippen LogP contribution is -2.40. The Morgan fingerprint density at radius 3 is 2.48 bits per heavy atom. The maximum absolute atomic E-state index is 13.4. The van der Waals surface area contributed by atoms with Gasteiger partial charge in [-0.05, 0) is 60.9 Å². The van der Waals surface area contributed by atoms with E-state index in [9.17, 15) is 13.2 Å². The maximum atomic E-state index is 13.4. The van der Waals surface area contributed by atoms with Crippen molar-refractivity contribution in [1.29, 1.82) is 0 Å². The van der Waals surface area contributed by atoms with Gasteiger partial charge in [0.15, 0.2) is 0 Å². The van der Waals surface area contributed by atoms with E-state index in [0.29, 0.717) is 5.69 Å². The Morgan fingerprint density at radius 1 is 1.03 bits per heavy atom. The van der Waals surface area contributed by atoms with Crippen LogP contribution < -0.4 is 9.73 Å². The van der Waals surface area contributed by atoms with Crippen molar-refractivity contribution in [3.63, 3.8) is 0 Å². The molecule has 0 unspecified atom stereocenters. The van der Waals surface area contributed by atoms with Crippen molar-refractivity contribution in [2.45, 2.75) is 18.7 Å². The van der Waals surface area contributed by atoms with Gasteiger partial charge in [0.25, 0.3) is 15.9 Å². The molecule has 0 spiro atoms. The van der Waals surface area contributed by atoms with Crippen molar-refractivity contribution in [3.05, 3.63) is 94.0 Å². The summed E-state index contributed by atoms with van der Waals surface area (Å²) >= 11 is 3.38. The van der Waals surface area contributed by atoms with E-state index >= 15 is 0 Å². The Balaban J connectivity index is 1.88. The lowest BCUT2D eigenvalue weighted by atomic mass is 10.1. The number of hydrogen-bond donors (Lipinski definition) is 1. The van der Waals surface area contributed by atoms with Crippen LogP contribution in [0.2, 0.25) is 0 Å². The van der Waals surface area contributed by atoms with E-state index in [4.69, 9.17) is 0 Å². The largest absolute Gasteiger partial charge is 0.271 e. The summed E-state index contributed by atoms with van der Waals surface area (Å²) in [6.45, 7) is 3.28. The zero-order valence-electron chi connectivity index (χ0n) is 17.1. The fourth-order valence-corrected chi connectivity index (χ4v) is 4.85. The summed E-state index contributed by atoms with van der Waals surface area (Å²) in [6, 6.07) is 21.0. The average molecular weight is 500 g/mol. The van der Waals surface area contributed by atoms with Gasteiger partial charge in [-0.3, -0.25) is 9.10 Å². The zero-order chi connectivity index (χ0) is 22.4. The van der Waals surface area contributed by atoms with Gasteiger partial charge in [0.05, 0.1) is 16.8 Å². The molecule has 160 valence electrons. The normalized spacial score (nSPS) is 11.5. The van der Waals surface area contributed by atoms with Crippen LogP contribution in [0.25, 0.3) is 0 Å². The van der Waals surface area contributed by atoms with Gasteiger partial charge >= 0.3 is 0 Å². The number of halogens is 1. The highest BCUT2D eigenvalue weighted by molar-refractivity contribution is 9.10. The number of carbonyl (C=O) groups is 1. The molecule has 0 fully saturated rings. The second-order valence-corrected chi connectivity index (χ2v) is 9.74. The number of sulfonamides is 1. The number of amides is 1. The molecule has 6 nitrogen and oxygen atoms in total. The highest BCUT2D eigenvalue weighted by atomic mass is 79.9. The van der Waals surface area contributed by atoms with E-state index in [1.54, 1.807) is 24.3 Å². The van der Waals surface area contributed by atoms with Crippen molar-refractivity contribution >= 4 is 43.8 Å². The third-order valence-corrected chi connectivity index (χ3v) is 6.77. The van der Waals surface area contributed by atoms with Gasteiger partial charge in [0.2, 0.25) is 0 Å². The highest BCUT2D eigenvalue weighted by Crippen LogP contribution is 2.27. The van der Waals surface area contributed by atoms with Crippen LogP contribution in [0, 0.1) is 13.8 Å². The Morgan fingerprint density at radius 2 is 1.77 bits per heavy atom. The Hall–Kier alpha value is -2.97. The molecule has 8 heteroatoms. The third-order valence-electron chi connectivity index (χ3n) is 4.50. The van der Waals surface area contributed by atoms with E-state index in [2.05, 4.69) is 26.5 Å². The van der Waals surface area contributed by atoms with Crippen LogP contribution in [0.5, 0.6) is 0 Å².